The third-order valence-corrected chi connectivity index (χ3v) is 10.1. The van der Waals surface area contributed by atoms with Crippen LogP contribution in [-0.2, 0) is 16.4 Å². The monoisotopic (exact) mass is 594 g/mol. The zero-order chi connectivity index (χ0) is 29.7. The predicted molar refractivity (Wildman–Crippen MR) is 166 cm³/mol. The topological polar surface area (TPSA) is 143 Å². The summed E-state index contributed by atoms with van der Waals surface area (Å²) in [5.74, 6) is 0. The van der Waals surface area contributed by atoms with E-state index in [0.29, 0.717) is 23.9 Å². The summed E-state index contributed by atoms with van der Waals surface area (Å²) < 4.78 is 25.3. The molecule has 2 aromatic carbocycles. The number of aromatic amines is 2. The first-order valence-electron chi connectivity index (χ1n) is 14.1. The molecule has 0 amide bonds. The maximum atomic E-state index is 13.2. The maximum absolute atomic E-state index is 13.2. The largest absolute Gasteiger partial charge is 0.339 e. The Balaban J connectivity index is 1.17. The normalized spacial score (nSPS) is 15.0. The number of hydrogen-bond acceptors (Lipinski definition) is 8. The van der Waals surface area contributed by atoms with Crippen molar-refractivity contribution in [2.75, 3.05) is 19.3 Å². The first kappa shape index (κ1) is 27.2. The van der Waals surface area contributed by atoms with Crippen LogP contribution in [0.25, 0.3) is 50.0 Å². The van der Waals surface area contributed by atoms with Crippen molar-refractivity contribution >= 4 is 31.8 Å². The fourth-order valence-electron chi connectivity index (χ4n) is 6.16. The molecule has 0 radical (unpaired) electrons. The summed E-state index contributed by atoms with van der Waals surface area (Å²) in [5.41, 5.74) is 7.50. The fourth-order valence-corrected chi connectivity index (χ4v) is 7.23. The quantitative estimate of drug-likeness (QED) is 0.294. The minimum absolute atomic E-state index is 0.173. The Bertz CT molecular complexity index is 2110. The molecule has 43 heavy (non-hydrogen) atoms. The summed E-state index contributed by atoms with van der Waals surface area (Å²) in [6.45, 7) is 4.34. The lowest BCUT2D eigenvalue weighted by Crippen LogP contribution is -2.38. The van der Waals surface area contributed by atoms with Crippen molar-refractivity contribution in [1.82, 2.24) is 40.1 Å². The van der Waals surface area contributed by atoms with Crippen LogP contribution in [-0.4, -0.2) is 73.1 Å². The number of nitrogens with zero attached hydrogens (tertiary/aromatic N) is 6. The molecule has 1 aliphatic heterocycles. The van der Waals surface area contributed by atoms with E-state index in [0.717, 1.165) is 64.1 Å². The highest BCUT2D eigenvalue weighted by Crippen LogP contribution is 2.33. The minimum atomic E-state index is -2.97. The molecular weight excluding hydrogens is 564 g/mol. The lowest BCUT2D eigenvalue weighted by molar-refractivity contribution is 0.222. The van der Waals surface area contributed by atoms with Gasteiger partial charge in [-0.05, 0) is 83.7 Å². The molecule has 1 saturated heterocycles. The zero-order valence-corrected chi connectivity index (χ0v) is 24.6. The average Bonchev–Trinajstić information content (AvgIpc) is 3.68. The molecule has 218 valence electrons. The van der Waals surface area contributed by atoms with E-state index in [1.165, 1.54) is 18.1 Å². The first-order chi connectivity index (χ1) is 20.7. The highest BCUT2D eigenvalue weighted by Gasteiger charge is 2.26. The number of aromatic nitrogens is 7. The van der Waals surface area contributed by atoms with Crippen LogP contribution in [0.2, 0.25) is 0 Å². The van der Waals surface area contributed by atoms with E-state index in [2.05, 4.69) is 65.7 Å². The number of pyridine rings is 2. The van der Waals surface area contributed by atoms with Crippen LogP contribution < -0.4 is 5.56 Å². The van der Waals surface area contributed by atoms with E-state index < -0.39 is 9.84 Å². The highest BCUT2D eigenvalue weighted by molar-refractivity contribution is 7.91. The molecule has 11 nitrogen and oxygen atoms in total. The molecule has 0 bridgehead atoms. The molecule has 0 saturated carbocycles. The van der Waals surface area contributed by atoms with Gasteiger partial charge in [0.2, 0.25) is 0 Å². The summed E-state index contributed by atoms with van der Waals surface area (Å²) in [5, 5.41) is 12.9. The summed E-state index contributed by atoms with van der Waals surface area (Å²) in [6, 6.07) is 18.1. The lowest BCUT2D eigenvalue weighted by Gasteiger charge is -2.31. The number of aryl methyl sites for hydroxylation is 1. The molecule has 7 rings (SSSR count). The van der Waals surface area contributed by atoms with Gasteiger partial charge in [0, 0.05) is 29.3 Å². The second kappa shape index (κ2) is 10.5. The van der Waals surface area contributed by atoms with Crippen LogP contribution in [0.4, 0.5) is 0 Å². The van der Waals surface area contributed by atoms with E-state index in [9.17, 15) is 13.2 Å². The SMILES string of the molecule is Cc1c(-c2ccc(-n3cnnn3)cc2)c(=O)[nH]c2cnc3[nH]c(-c4ccc(CN5CCC(S(C)(=O)=O)CC5)cc4)cc3c12. The predicted octanol–water partition coefficient (Wildman–Crippen LogP) is 4.03. The van der Waals surface area contributed by atoms with Gasteiger partial charge >= 0.3 is 0 Å². The summed E-state index contributed by atoms with van der Waals surface area (Å²) in [6.07, 6.45) is 5.94. The molecule has 5 heterocycles. The fraction of sp³-hybridized carbons (Fsp3) is 0.258. The van der Waals surface area contributed by atoms with Crippen LogP contribution in [0, 0.1) is 6.92 Å². The van der Waals surface area contributed by atoms with Crippen molar-refractivity contribution in [3.63, 3.8) is 0 Å². The van der Waals surface area contributed by atoms with Gasteiger partial charge < -0.3 is 9.97 Å². The van der Waals surface area contributed by atoms with Crippen molar-refractivity contribution in [3.05, 3.63) is 88.6 Å². The maximum Gasteiger partial charge on any atom is 0.256 e. The van der Waals surface area contributed by atoms with Crippen molar-refractivity contribution in [2.24, 2.45) is 0 Å². The van der Waals surface area contributed by atoms with Crippen LogP contribution in [0.3, 0.4) is 0 Å². The number of sulfone groups is 1. The van der Waals surface area contributed by atoms with Crippen molar-refractivity contribution in [3.8, 4) is 28.1 Å². The number of H-pyrrole nitrogens is 2. The molecule has 1 fully saturated rings. The lowest BCUT2D eigenvalue weighted by atomic mass is 9.97. The molecular formula is C31H30N8O3S. The number of hydrogen-bond donors (Lipinski definition) is 2. The van der Waals surface area contributed by atoms with Gasteiger partial charge in [-0.15, -0.1) is 5.10 Å². The second-order valence-corrected chi connectivity index (χ2v) is 13.6. The van der Waals surface area contributed by atoms with E-state index in [1.54, 1.807) is 10.9 Å². The standard InChI is InChI=1S/C31H30N8O3S/c1-19-28(22-7-9-23(10-8-22)39-18-33-36-37-39)31(40)35-27-16-32-30-25(29(19)27)15-26(34-30)21-5-3-20(4-6-21)17-38-13-11-24(12-14-38)43(2,41)42/h3-10,15-16,18,24H,11-14,17H2,1-2H3,(H,32,34)(H,35,40). The number of rotatable bonds is 6. The smallest absolute Gasteiger partial charge is 0.256 e. The number of fused-ring (bicyclic) bond motifs is 3. The van der Waals surface area contributed by atoms with E-state index in [1.807, 2.05) is 31.2 Å². The van der Waals surface area contributed by atoms with E-state index >= 15 is 0 Å². The Morgan fingerprint density at radius 1 is 0.977 bits per heavy atom. The molecule has 0 aliphatic carbocycles. The third kappa shape index (κ3) is 5.12. The number of piperidine rings is 1. The van der Waals surface area contributed by atoms with Crippen molar-refractivity contribution in [1.29, 1.82) is 0 Å². The molecule has 6 aromatic rings. The second-order valence-electron chi connectivity index (χ2n) is 11.2. The number of likely N-dealkylation sites (tertiary alicyclic amines) is 1. The van der Waals surface area contributed by atoms with E-state index in [-0.39, 0.29) is 10.8 Å². The van der Waals surface area contributed by atoms with Gasteiger partial charge in [-0.3, -0.25) is 9.69 Å². The summed E-state index contributed by atoms with van der Waals surface area (Å²) in [7, 11) is -2.97. The molecule has 0 spiro atoms. The average molecular weight is 595 g/mol. The van der Waals surface area contributed by atoms with Gasteiger partial charge in [-0.1, -0.05) is 36.4 Å². The third-order valence-electron chi connectivity index (χ3n) is 8.46. The minimum Gasteiger partial charge on any atom is -0.339 e. The van der Waals surface area contributed by atoms with Gasteiger partial charge in [0.25, 0.3) is 5.56 Å². The first-order valence-corrected chi connectivity index (χ1v) is 16.1. The van der Waals surface area contributed by atoms with Crippen LogP contribution in [0.1, 0.15) is 24.0 Å². The Hall–Kier alpha value is -4.68. The van der Waals surface area contributed by atoms with Gasteiger partial charge in [0.15, 0.2) is 0 Å². The number of tetrazole rings is 1. The Morgan fingerprint density at radius 3 is 2.37 bits per heavy atom. The molecule has 12 heteroatoms. The van der Waals surface area contributed by atoms with Crippen LogP contribution in [0.15, 0.2) is 71.9 Å². The van der Waals surface area contributed by atoms with E-state index in [4.69, 9.17) is 0 Å². The van der Waals surface area contributed by atoms with Gasteiger partial charge in [-0.2, -0.15) is 0 Å². The molecule has 2 N–H and O–H groups in total. The molecule has 0 unspecified atom stereocenters. The van der Waals surface area contributed by atoms with Crippen molar-refractivity contribution < 1.29 is 8.42 Å². The highest BCUT2D eigenvalue weighted by atomic mass is 32.2. The number of benzene rings is 2. The molecule has 4 aromatic heterocycles. The van der Waals surface area contributed by atoms with Crippen molar-refractivity contribution in [2.45, 2.75) is 31.6 Å². The Labute approximate surface area is 247 Å². The summed E-state index contributed by atoms with van der Waals surface area (Å²) >= 11 is 0. The van der Waals surface area contributed by atoms with Gasteiger partial charge in [0.05, 0.1) is 28.2 Å². The van der Waals surface area contributed by atoms with Crippen LogP contribution in [0.5, 0.6) is 0 Å². The van der Waals surface area contributed by atoms with Gasteiger partial charge in [0.1, 0.15) is 21.8 Å². The van der Waals surface area contributed by atoms with Gasteiger partial charge in [-0.25, -0.2) is 18.1 Å². The van der Waals surface area contributed by atoms with Crippen LogP contribution >= 0.6 is 0 Å². The Kier molecular flexibility index (Phi) is 6.66. The summed E-state index contributed by atoms with van der Waals surface area (Å²) in [4.78, 5) is 26.6. The number of nitrogens with one attached hydrogen (secondary N) is 2. The molecule has 0 atom stereocenters. The zero-order valence-electron chi connectivity index (χ0n) is 23.8. The Morgan fingerprint density at radius 2 is 1.70 bits per heavy atom. The molecule has 1 aliphatic rings.